The van der Waals surface area contributed by atoms with Gasteiger partial charge in [-0.1, -0.05) is 0 Å². The van der Waals surface area contributed by atoms with Crippen molar-refractivity contribution in [1.82, 2.24) is 19.6 Å². The Labute approximate surface area is 222 Å². The number of thioether (sulfide) groups is 1. The molecular weight excluding hydrogens is 523 g/mol. The second kappa shape index (κ2) is 10.8. The van der Waals surface area contributed by atoms with E-state index in [4.69, 9.17) is 0 Å². The highest BCUT2D eigenvalue weighted by atomic mass is 32.2. The summed E-state index contributed by atoms with van der Waals surface area (Å²) in [5.74, 6) is 2.12. The Morgan fingerprint density at radius 1 is 1.11 bits per heavy atom. The van der Waals surface area contributed by atoms with Gasteiger partial charge in [0, 0.05) is 42.4 Å². The van der Waals surface area contributed by atoms with Gasteiger partial charge in [0.2, 0.25) is 10.0 Å². The van der Waals surface area contributed by atoms with Gasteiger partial charge in [-0.05, 0) is 76.8 Å². The van der Waals surface area contributed by atoms with Gasteiger partial charge in [0.05, 0.1) is 12.2 Å². The number of nitrogens with one attached hydrogen (secondary N) is 1. The third kappa shape index (κ3) is 6.73. The molecule has 4 aliphatic rings. The first-order chi connectivity index (χ1) is 17.5. The van der Waals surface area contributed by atoms with Gasteiger partial charge in [0.15, 0.2) is 0 Å². The van der Waals surface area contributed by atoms with E-state index < -0.39 is 27.9 Å². The third-order valence-electron chi connectivity index (χ3n) is 8.78. The van der Waals surface area contributed by atoms with Crippen molar-refractivity contribution in [3.05, 3.63) is 11.9 Å². The Kier molecular flexibility index (Phi) is 8.02. The Morgan fingerprint density at radius 3 is 2.43 bits per heavy atom. The van der Waals surface area contributed by atoms with Crippen molar-refractivity contribution in [2.24, 2.45) is 17.3 Å². The maximum atomic E-state index is 12.9. The Bertz CT molecular complexity index is 1050. The molecule has 0 aromatic carbocycles. The molecule has 3 aliphatic heterocycles. The van der Waals surface area contributed by atoms with Gasteiger partial charge in [-0.2, -0.15) is 13.2 Å². The normalized spacial score (nSPS) is 28.3. The predicted molar refractivity (Wildman–Crippen MR) is 139 cm³/mol. The van der Waals surface area contributed by atoms with Crippen molar-refractivity contribution in [2.75, 3.05) is 49.9 Å². The van der Waals surface area contributed by atoms with Crippen LogP contribution in [0.4, 0.5) is 19.0 Å². The van der Waals surface area contributed by atoms with Crippen LogP contribution in [-0.4, -0.2) is 79.7 Å². The number of likely N-dealkylation sites (tertiary alicyclic amines) is 1. The number of sulfonamides is 1. The molecular formula is C25H38F3N5O2S2. The van der Waals surface area contributed by atoms with Crippen LogP contribution in [0.2, 0.25) is 0 Å². The molecule has 3 fully saturated rings. The van der Waals surface area contributed by atoms with E-state index in [9.17, 15) is 21.6 Å². The van der Waals surface area contributed by atoms with Crippen LogP contribution in [0.1, 0.15) is 57.4 Å². The zero-order chi connectivity index (χ0) is 26.3. The minimum atomic E-state index is -4.16. The molecule has 37 heavy (non-hydrogen) atoms. The monoisotopic (exact) mass is 561 g/mol. The quantitative estimate of drug-likeness (QED) is 0.479. The fourth-order valence-corrected chi connectivity index (χ4v) is 8.47. The van der Waals surface area contributed by atoms with E-state index in [-0.39, 0.29) is 5.75 Å². The van der Waals surface area contributed by atoms with Gasteiger partial charge in [0.25, 0.3) is 0 Å². The largest absolute Gasteiger partial charge is 0.390 e. The molecule has 208 valence electrons. The first-order valence-electron chi connectivity index (χ1n) is 13.5. The molecule has 7 nitrogen and oxygen atoms in total. The first-order valence-corrected chi connectivity index (χ1v) is 16.1. The molecule has 1 aromatic rings. The van der Waals surface area contributed by atoms with E-state index in [1.165, 1.54) is 30.9 Å². The number of alkyl halides is 3. The van der Waals surface area contributed by atoms with Gasteiger partial charge in [-0.15, -0.1) is 11.8 Å². The number of nitrogens with zero attached hydrogens (tertiary/aromatic N) is 4. The third-order valence-corrected chi connectivity index (χ3v) is 11.4. The molecule has 1 N–H and O–H groups in total. The van der Waals surface area contributed by atoms with Crippen LogP contribution in [0.15, 0.2) is 11.4 Å². The molecule has 1 aromatic heterocycles. The molecule has 12 heteroatoms. The lowest BCUT2D eigenvalue weighted by molar-refractivity contribution is -0.134. The smallest absolute Gasteiger partial charge is 0.355 e. The van der Waals surface area contributed by atoms with Gasteiger partial charge in [-0.3, -0.25) is 0 Å². The second-order valence-corrected chi connectivity index (χ2v) is 14.9. The lowest BCUT2D eigenvalue weighted by Gasteiger charge is -2.55. The van der Waals surface area contributed by atoms with E-state index in [0.29, 0.717) is 35.2 Å². The van der Waals surface area contributed by atoms with Crippen molar-refractivity contribution in [3.63, 3.8) is 0 Å². The van der Waals surface area contributed by atoms with Crippen LogP contribution >= 0.6 is 11.8 Å². The second-order valence-electron chi connectivity index (χ2n) is 11.5. The minimum Gasteiger partial charge on any atom is -0.355 e. The number of fused-ring (bicyclic) bond motifs is 1. The van der Waals surface area contributed by atoms with Crippen LogP contribution < -0.4 is 9.62 Å². The number of halogens is 3. The summed E-state index contributed by atoms with van der Waals surface area (Å²) in [6.07, 6.45) is 3.76. The maximum Gasteiger partial charge on any atom is 0.390 e. The van der Waals surface area contributed by atoms with Crippen molar-refractivity contribution in [3.8, 4) is 0 Å². The van der Waals surface area contributed by atoms with Gasteiger partial charge in [-0.25, -0.2) is 23.1 Å². The molecule has 0 amide bonds. The molecule has 1 spiro atoms. The Hall–Kier alpha value is -1.11. The van der Waals surface area contributed by atoms with E-state index in [0.717, 1.165) is 69.8 Å². The number of hydrogen-bond donors (Lipinski definition) is 1. The maximum absolute atomic E-state index is 12.9. The van der Waals surface area contributed by atoms with Crippen molar-refractivity contribution >= 4 is 27.6 Å². The fourth-order valence-electron chi connectivity index (χ4n) is 6.51. The summed E-state index contributed by atoms with van der Waals surface area (Å²) in [6.45, 7) is 7.41. The molecule has 1 saturated carbocycles. The van der Waals surface area contributed by atoms with Crippen LogP contribution in [0.3, 0.4) is 0 Å². The Balaban J connectivity index is 1.05. The van der Waals surface area contributed by atoms with Crippen molar-refractivity contribution in [1.29, 1.82) is 0 Å². The zero-order valence-electron chi connectivity index (χ0n) is 21.5. The molecule has 4 heterocycles. The average Bonchev–Trinajstić information content (AvgIpc) is 3.24. The summed E-state index contributed by atoms with van der Waals surface area (Å²) in [4.78, 5) is 13.6. The summed E-state index contributed by atoms with van der Waals surface area (Å²) in [7, 11) is -3.11. The van der Waals surface area contributed by atoms with Crippen LogP contribution in [-0.2, 0) is 16.4 Å². The number of hydrogen-bond acceptors (Lipinski definition) is 7. The standard InChI is InChI=1S/C25H38F3N5O2S2/c1-2-37(34,35)31-13-18-3-5-19(6-4-18)14-32-9-7-24(8-10-32)15-33(16-24)22-21-11-20(12-25(26,27)28)36-23(21)30-17-29-22/h17-20,31H,2-16H2,1H3. The summed E-state index contributed by atoms with van der Waals surface area (Å²) in [5, 5.41) is 0.215. The lowest BCUT2D eigenvalue weighted by atomic mass is 9.71. The first kappa shape index (κ1) is 27.5. The topological polar surface area (TPSA) is 78.4 Å². The van der Waals surface area contributed by atoms with Crippen molar-refractivity contribution in [2.45, 2.75) is 74.7 Å². The number of aromatic nitrogens is 2. The van der Waals surface area contributed by atoms with E-state index in [1.807, 2.05) is 0 Å². The molecule has 0 radical (unpaired) electrons. The highest BCUT2D eigenvalue weighted by molar-refractivity contribution is 8.00. The number of anilines is 1. The molecule has 1 aliphatic carbocycles. The molecule has 1 unspecified atom stereocenters. The van der Waals surface area contributed by atoms with E-state index >= 15 is 0 Å². The van der Waals surface area contributed by atoms with Crippen LogP contribution in [0, 0.1) is 17.3 Å². The summed E-state index contributed by atoms with van der Waals surface area (Å²) in [5.41, 5.74) is 1.19. The molecule has 2 saturated heterocycles. The van der Waals surface area contributed by atoms with Gasteiger partial charge >= 0.3 is 6.18 Å². The molecule has 0 bridgehead atoms. The number of piperidine rings is 1. The molecule has 1 atom stereocenters. The lowest BCUT2D eigenvalue weighted by Crippen LogP contribution is -2.61. The highest BCUT2D eigenvalue weighted by Gasteiger charge is 2.47. The summed E-state index contributed by atoms with van der Waals surface area (Å²) < 4.78 is 64.8. The minimum absolute atomic E-state index is 0.138. The van der Waals surface area contributed by atoms with E-state index in [1.54, 1.807) is 6.92 Å². The SMILES string of the molecule is CCS(=O)(=O)NCC1CCC(CN2CCC3(CC2)CN(c2ncnc4c2CC(CC(F)(F)F)S4)C3)CC1. The zero-order valence-corrected chi connectivity index (χ0v) is 23.1. The summed E-state index contributed by atoms with van der Waals surface area (Å²) in [6, 6.07) is 0. The number of rotatable bonds is 8. The van der Waals surface area contributed by atoms with Gasteiger partial charge < -0.3 is 9.80 Å². The van der Waals surface area contributed by atoms with Crippen molar-refractivity contribution < 1.29 is 21.6 Å². The highest BCUT2D eigenvalue weighted by Crippen LogP contribution is 2.48. The average molecular weight is 562 g/mol. The predicted octanol–water partition coefficient (Wildman–Crippen LogP) is 4.09. The fraction of sp³-hybridized carbons (Fsp3) is 0.840. The van der Waals surface area contributed by atoms with Gasteiger partial charge in [0.1, 0.15) is 17.2 Å². The van der Waals surface area contributed by atoms with E-state index in [2.05, 4.69) is 24.5 Å². The summed E-state index contributed by atoms with van der Waals surface area (Å²) >= 11 is 1.24. The van der Waals surface area contributed by atoms with Crippen LogP contribution in [0.25, 0.3) is 0 Å². The Morgan fingerprint density at radius 2 is 1.78 bits per heavy atom. The molecule has 5 rings (SSSR count). The van der Waals surface area contributed by atoms with Crippen LogP contribution in [0.5, 0.6) is 0 Å².